The fourth-order valence-corrected chi connectivity index (χ4v) is 5.83. The summed E-state index contributed by atoms with van der Waals surface area (Å²) >= 11 is 0. The molecule has 0 bridgehead atoms. The second-order valence-electron chi connectivity index (χ2n) is 9.28. The lowest BCUT2D eigenvalue weighted by Crippen LogP contribution is -2.51. The molecule has 0 radical (unpaired) electrons. The van der Waals surface area contributed by atoms with Gasteiger partial charge in [-0.1, -0.05) is 12.1 Å². The predicted molar refractivity (Wildman–Crippen MR) is 129 cm³/mol. The van der Waals surface area contributed by atoms with E-state index in [0.29, 0.717) is 44.1 Å². The van der Waals surface area contributed by atoms with Crippen molar-refractivity contribution >= 4 is 34.1 Å². The second kappa shape index (κ2) is 9.21. The van der Waals surface area contributed by atoms with Gasteiger partial charge in [0.25, 0.3) is 0 Å². The van der Waals surface area contributed by atoms with Gasteiger partial charge in [-0.05, 0) is 56.0 Å². The van der Waals surface area contributed by atoms with Gasteiger partial charge in [-0.3, -0.25) is 18.3 Å². The first kappa shape index (κ1) is 24.5. The van der Waals surface area contributed by atoms with Crippen LogP contribution in [0.3, 0.4) is 0 Å². The average Bonchev–Trinajstić information content (AvgIpc) is 2.99. The number of carbonyl (C=O) groups is 1. The highest BCUT2D eigenvalue weighted by molar-refractivity contribution is 8.27. The Morgan fingerprint density at radius 1 is 0.971 bits per heavy atom. The Morgan fingerprint density at radius 3 is 2.26 bits per heavy atom. The van der Waals surface area contributed by atoms with Gasteiger partial charge < -0.3 is 9.64 Å². The van der Waals surface area contributed by atoms with Crippen LogP contribution >= 0.6 is 11.0 Å². The SMILES string of the molecule is CC(C)(C)OC(=O)N1CCN(CCN2c3ccccc3N(c3cc(F)ccc3F)S2(O)O)CC1. The molecule has 2 aliphatic rings. The number of benzene rings is 2. The number of hydrogen-bond donors (Lipinski definition) is 2. The number of rotatable bonds is 4. The lowest BCUT2D eigenvalue weighted by atomic mass is 10.2. The summed E-state index contributed by atoms with van der Waals surface area (Å²) in [6.45, 7) is 8.44. The van der Waals surface area contributed by atoms with Crippen LogP contribution in [0, 0.1) is 11.6 Å². The van der Waals surface area contributed by atoms with Crippen LogP contribution in [0.5, 0.6) is 0 Å². The molecule has 1 fully saturated rings. The van der Waals surface area contributed by atoms with E-state index >= 15 is 0 Å². The molecule has 2 aromatic rings. The fraction of sp³-hybridized carbons (Fsp3) is 0.435. The number of ether oxygens (including phenoxy) is 1. The molecule has 0 spiro atoms. The molecule has 8 nitrogen and oxygen atoms in total. The molecular weight excluding hydrogens is 466 g/mol. The lowest BCUT2D eigenvalue weighted by molar-refractivity contribution is 0.0148. The average molecular weight is 497 g/mol. The fourth-order valence-electron chi connectivity index (χ4n) is 4.07. The van der Waals surface area contributed by atoms with Gasteiger partial charge in [0, 0.05) is 38.8 Å². The summed E-state index contributed by atoms with van der Waals surface area (Å²) in [6.07, 6.45) is -0.345. The standard InChI is InChI=1S/C23H30F2N4O4S/c1-23(2,3)33-22(30)27-13-10-26(11-14-27)12-15-28-19-6-4-5-7-20(19)29(34(28,31)32)21-16-17(24)8-9-18(21)25/h4-9,16,31-32H,10-15H2,1-3H3. The van der Waals surface area contributed by atoms with E-state index in [9.17, 15) is 22.7 Å². The number of piperazine rings is 1. The van der Waals surface area contributed by atoms with Crippen molar-refractivity contribution in [2.24, 2.45) is 0 Å². The molecule has 0 aromatic heterocycles. The van der Waals surface area contributed by atoms with Crippen LogP contribution in [0.25, 0.3) is 0 Å². The molecule has 1 saturated heterocycles. The zero-order chi connectivity index (χ0) is 24.7. The predicted octanol–water partition coefficient (Wildman–Crippen LogP) is 5.06. The molecule has 2 aromatic carbocycles. The number of amides is 1. The number of halogens is 2. The maximum absolute atomic E-state index is 14.6. The van der Waals surface area contributed by atoms with E-state index in [1.807, 2.05) is 20.8 Å². The van der Waals surface area contributed by atoms with E-state index in [1.54, 1.807) is 29.2 Å². The number of fused-ring (bicyclic) bond motifs is 1. The normalized spacial score (nSPS) is 19.2. The third-order valence-electron chi connectivity index (χ3n) is 5.68. The van der Waals surface area contributed by atoms with E-state index < -0.39 is 28.2 Å². The number of nitrogens with zero attached hydrogens (tertiary/aromatic N) is 4. The van der Waals surface area contributed by atoms with Crippen molar-refractivity contribution in [3.63, 3.8) is 0 Å². The van der Waals surface area contributed by atoms with Gasteiger partial charge in [0.15, 0.2) is 0 Å². The molecule has 34 heavy (non-hydrogen) atoms. The van der Waals surface area contributed by atoms with Crippen LogP contribution in [-0.2, 0) is 4.74 Å². The summed E-state index contributed by atoms with van der Waals surface area (Å²) in [5, 5.41) is 0. The van der Waals surface area contributed by atoms with Crippen LogP contribution in [0.1, 0.15) is 20.8 Å². The number of para-hydroxylation sites is 2. The van der Waals surface area contributed by atoms with Gasteiger partial charge in [-0.25, -0.2) is 17.9 Å². The molecule has 0 aliphatic carbocycles. The first-order chi connectivity index (χ1) is 16.0. The molecule has 1 amide bonds. The molecule has 2 N–H and O–H groups in total. The van der Waals surface area contributed by atoms with Crippen LogP contribution in [0.2, 0.25) is 0 Å². The third kappa shape index (κ3) is 4.92. The minimum absolute atomic E-state index is 0.235. The van der Waals surface area contributed by atoms with Gasteiger partial charge in [0.1, 0.15) is 22.9 Å². The van der Waals surface area contributed by atoms with Crippen molar-refractivity contribution in [3.05, 3.63) is 54.1 Å². The topological polar surface area (TPSA) is 79.7 Å². The molecule has 4 rings (SSSR count). The molecule has 2 heterocycles. The van der Waals surface area contributed by atoms with E-state index in [2.05, 4.69) is 4.90 Å². The van der Waals surface area contributed by atoms with E-state index in [4.69, 9.17) is 4.74 Å². The Kier molecular flexibility index (Phi) is 6.65. The number of hydrogen-bond acceptors (Lipinski definition) is 7. The molecular formula is C23H30F2N4O4S. The summed E-state index contributed by atoms with van der Waals surface area (Å²) in [4.78, 5) is 16.1. The van der Waals surface area contributed by atoms with Gasteiger partial charge in [0.05, 0.1) is 17.9 Å². The van der Waals surface area contributed by atoms with Crippen molar-refractivity contribution < 1.29 is 27.4 Å². The van der Waals surface area contributed by atoms with Crippen molar-refractivity contribution in [2.45, 2.75) is 26.4 Å². The Bertz CT molecular complexity index is 1060. The van der Waals surface area contributed by atoms with Crippen LogP contribution in [0.4, 0.5) is 30.6 Å². The van der Waals surface area contributed by atoms with E-state index in [1.165, 1.54) is 4.31 Å². The maximum atomic E-state index is 14.6. The highest BCUT2D eigenvalue weighted by Gasteiger charge is 2.42. The monoisotopic (exact) mass is 496 g/mol. The van der Waals surface area contributed by atoms with E-state index in [0.717, 1.165) is 22.5 Å². The Hall–Kier alpha value is -2.60. The molecule has 0 saturated carbocycles. The molecule has 11 heteroatoms. The van der Waals surface area contributed by atoms with Crippen molar-refractivity contribution in [2.75, 3.05) is 47.9 Å². The zero-order valence-corrected chi connectivity index (χ0v) is 20.3. The summed E-state index contributed by atoms with van der Waals surface area (Å²) in [5.74, 6) is -1.43. The first-order valence-corrected chi connectivity index (χ1v) is 12.5. The minimum Gasteiger partial charge on any atom is -0.444 e. The van der Waals surface area contributed by atoms with Crippen molar-refractivity contribution in [3.8, 4) is 0 Å². The van der Waals surface area contributed by atoms with Crippen LogP contribution in [0.15, 0.2) is 42.5 Å². The second-order valence-corrected chi connectivity index (χ2v) is 11.1. The van der Waals surface area contributed by atoms with Crippen LogP contribution in [-0.4, -0.2) is 69.9 Å². The largest absolute Gasteiger partial charge is 0.444 e. The lowest BCUT2D eigenvalue weighted by Gasteiger charge is -2.44. The molecule has 0 unspecified atom stereocenters. The van der Waals surface area contributed by atoms with E-state index in [-0.39, 0.29) is 18.3 Å². The smallest absolute Gasteiger partial charge is 0.410 e. The highest BCUT2D eigenvalue weighted by atomic mass is 32.3. The highest BCUT2D eigenvalue weighted by Crippen LogP contribution is 2.64. The Morgan fingerprint density at radius 2 is 1.62 bits per heavy atom. The molecule has 186 valence electrons. The minimum atomic E-state index is -3.68. The molecule has 0 atom stereocenters. The first-order valence-electron chi connectivity index (χ1n) is 11.1. The van der Waals surface area contributed by atoms with Crippen molar-refractivity contribution in [1.82, 2.24) is 9.80 Å². The number of carbonyl (C=O) groups excluding carboxylic acids is 1. The quantitative estimate of drug-likeness (QED) is 0.613. The third-order valence-corrected chi connectivity index (χ3v) is 7.53. The maximum Gasteiger partial charge on any atom is 0.410 e. The van der Waals surface area contributed by atoms with Gasteiger partial charge in [-0.2, -0.15) is 0 Å². The summed E-state index contributed by atoms with van der Waals surface area (Å²) in [5.41, 5.74) is 0.125. The van der Waals surface area contributed by atoms with Gasteiger partial charge in [-0.15, -0.1) is 0 Å². The number of anilines is 3. The Labute approximate surface area is 199 Å². The van der Waals surface area contributed by atoms with Gasteiger partial charge in [0.2, 0.25) is 0 Å². The van der Waals surface area contributed by atoms with Crippen molar-refractivity contribution in [1.29, 1.82) is 0 Å². The molecule has 2 aliphatic heterocycles. The van der Waals surface area contributed by atoms with Gasteiger partial charge >= 0.3 is 6.09 Å². The summed E-state index contributed by atoms with van der Waals surface area (Å²) in [6, 6.07) is 9.75. The summed E-state index contributed by atoms with van der Waals surface area (Å²) in [7, 11) is -3.68. The zero-order valence-electron chi connectivity index (χ0n) is 19.4. The van der Waals surface area contributed by atoms with Crippen LogP contribution < -0.4 is 8.61 Å². The summed E-state index contributed by atoms with van der Waals surface area (Å²) < 4.78 is 58.7. The Balaban J connectivity index is 1.46.